The van der Waals surface area contributed by atoms with Crippen LogP contribution in [0.5, 0.6) is 0 Å². The van der Waals surface area contributed by atoms with Crippen molar-refractivity contribution in [3.8, 4) is 0 Å². The van der Waals surface area contributed by atoms with Crippen molar-refractivity contribution in [2.45, 2.75) is 13.8 Å². The van der Waals surface area contributed by atoms with Gasteiger partial charge in [-0.15, -0.1) is 0 Å². The average molecular weight is 281 g/mol. The number of carbonyl (C=O) groups is 1. The monoisotopic (exact) mass is 281 g/mol. The molecule has 0 aromatic carbocycles. The van der Waals surface area contributed by atoms with Gasteiger partial charge in [0.25, 0.3) is 0 Å². The van der Waals surface area contributed by atoms with E-state index in [0.29, 0.717) is 6.54 Å². The van der Waals surface area contributed by atoms with Gasteiger partial charge < -0.3 is 9.64 Å². The molecule has 0 atom stereocenters. The van der Waals surface area contributed by atoms with Crippen LogP contribution >= 0.6 is 0 Å². The number of allylic oxidation sites excluding steroid dienone is 1. The normalized spacial score (nSPS) is 21.8. The van der Waals surface area contributed by atoms with E-state index in [0.717, 1.165) is 59.0 Å². The summed E-state index contributed by atoms with van der Waals surface area (Å²) in [7, 11) is 0. The second-order valence-electron chi connectivity index (χ2n) is 5.85. The van der Waals surface area contributed by atoms with E-state index in [4.69, 9.17) is 4.74 Å². The van der Waals surface area contributed by atoms with Gasteiger partial charge in [-0.25, -0.2) is 0 Å². The lowest BCUT2D eigenvalue weighted by atomic mass is 10.2. The Labute approximate surface area is 122 Å². The molecule has 2 rings (SSSR count). The van der Waals surface area contributed by atoms with Gasteiger partial charge in [0.15, 0.2) is 0 Å². The van der Waals surface area contributed by atoms with Gasteiger partial charge in [-0.1, -0.05) is 11.6 Å². The molecule has 2 saturated heterocycles. The zero-order chi connectivity index (χ0) is 14.4. The molecule has 0 aliphatic carbocycles. The zero-order valence-electron chi connectivity index (χ0n) is 12.8. The maximum absolute atomic E-state index is 12.3. The lowest BCUT2D eigenvalue weighted by Crippen LogP contribution is -2.52. The molecular weight excluding hydrogens is 254 g/mol. The van der Waals surface area contributed by atoms with E-state index in [-0.39, 0.29) is 5.91 Å². The minimum Gasteiger partial charge on any atom is -0.379 e. The minimum atomic E-state index is 0.272. The highest BCUT2D eigenvalue weighted by atomic mass is 16.5. The van der Waals surface area contributed by atoms with Gasteiger partial charge in [-0.3, -0.25) is 14.6 Å². The van der Waals surface area contributed by atoms with Crippen LogP contribution in [-0.4, -0.2) is 86.2 Å². The van der Waals surface area contributed by atoms with E-state index < -0.39 is 0 Å². The fourth-order valence-corrected chi connectivity index (χ4v) is 2.54. The van der Waals surface area contributed by atoms with E-state index in [1.807, 2.05) is 4.90 Å². The number of piperazine rings is 1. The van der Waals surface area contributed by atoms with Crippen LogP contribution in [0, 0.1) is 0 Å². The third-order valence-electron chi connectivity index (χ3n) is 3.95. The number of morpholine rings is 1. The highest BCUT2D eigenvalue weighted by Gasteiger charge is 2.22. The predicted molar refractivity (Wildman–Crippen MR) is 79.7 cm³/mol. The molecule has 0 saturated carbocycles. The molecule has 2 heterocycles. The summed E-state index contributed by atoms with van der Waals surface area (Å²) < 4.78 is 5.31. The Morgan fingerprint density at radius 1 is 1.00 bits per heavy atom. The molecule has 5 nitrogen and oxygen atoms in total. The third-order valence-corrected chi connectivity index (χ3v) is 3.95. The summed E-state index contributed by atoms with van der Waals surface area (Å²) in [6.45, 7) is 12.8. The third kappa shape index (κ3) is 4.89. The Morgan fingerprint density at radius 2 is 1.65 bits per heavy atom. The van der Waals surface area contributed by atoms with Crippen LogP contribution in [0.2, 0.25) is 0 Å². The molecule has 1 amide bonds. The van der Waals surface area contributed by atoms with Gasteiger partial charge in [0.1, 0.15) is 0 Å². The molecule has 2 aliphatic rings. The van der Waals surface area contributed by atoms with Gasteiger partial charge in [0.2, 0.25) is 5.91 Å². The number of rotatable bonds is 4. The Hall–Kier alpha value is -0.910. The van der Waals surface area contributed by atoms with E-state index in [1.54, 1.807) is 0 Å². The van der Waals surface area contributed by atoms with Crippen molar-refractivity contribution in [1.29, 1.82) is 0 Å². The molecule has 5 heteroatoms. The summed E-state index contributed by atoms with van der Waals surface area (Å²) in [5, 5.41) is 0. The molecule has 0 N–H and O–H groups in total. The van der Waals surface area contributed by atoms with Crippen molar-refractivity contribution in [2.75, 3.05) is 65.6 Å². The Balaban J connectivity index is 1.69. The van der Waals surface area contributed by atoms with Crippen LogP contribution in [0.1, 0.15) is 13.8 Å². The summed E-state index contributed by atoms with van der Waals surface area (Å²) in [6, 6.07) is 0. The van der Waals surface area contributed by atoms with Gasteiger partial charge in [-0.05, 0) is 13.8 Å². The van der Waals surface area contributed by atoms with Crippen molar-refractivity contribution in [1.82, 2.24) is 14.7 Å². The fourth-order valence-electron chi connectivity index (χ4n) is 2.54. The first kappa shape index (κ1) is 15.5. The van der Waals surface area contributed by atoms with E-state index in [1.165, 1.54) is 5.57 Å². The highest BCUT2D eigenvalue weighted by molar-refractivity contribution is 5.78. The second kappa shape index (κ2) is 7.76. The standard InChI is InChI=1S/C15H27N3O2/c1-14(2)3-4-16-5-7-18(8-6-16)15(19)13-17-9-11-20-12-10-17/h3H,4-13H2,1-2H3. The molecule has 0 radical (unpaired) electrons. The topological polar surface area (TPSA) is 36.0 Å². The van der Waals surface area contributed by atoms with Crippen LogP contribution in [0.4, 0.5) is 0 Å². The predicted octanol–water partition coefficient (Wildman–Crippen LogP) is 0.429. The number of ether oxygens (including phenoxy) is 1. The fraction of sp³-hybridized carbons (Fsp3) is 0.800. The molecule has 0 spiro atoms. The number of hydrogen-bond donors (Lipinski definition) is 0. The SMILES string of the molecule is CC(C)=CCN1CCN(C(=O)CN2CCOCC2)CC1. The van der Waals surface area contributed by atoms with Gasteiger partial charge in [-0.2, -0.15) is 0 Å². The van der Waals surface area contributed by atoms with Gasteiger partial charge >= 0.3 is 0 Å². The van der Waals surface area contributed by atoms with Gasteiger partial charge in [0, 0.05) is 45.8 Å². The van der Waals surface area contributed by atoms with E-state index >= 15 is 0 Å². The molecular formula is C15H27N3O2. The van der Waals surface area contributed by atoms with Crippen molar-refractivity contribution >= 4 is 5.91 Å². The summed E-state index contributed by atoms with van der Waals surface area (Å²) in [4.78, 5) is 18.9. The molecule has 2 aliphatic heterocycles. The van der Waals surface area contributed by atoms with Crippen LogP contribution in [0.15, 0.2) is 11.6 Å². The summed E-state index contributed by atoms with van der Waals surface area (Å²) in [5.74, 6) is 0.272. The summed E-state index contributed by atoms with van der Waals surface area (Å²) in [6.07, 6.45) is 2.26. The quantitative estimate of drug-likeness (QED) is 0.700. The number of carbonyl (C=O) groups excluding carboxylic acids is 1. The Morgan fingerprint density at radius 3 is 2.25 bits per heavy atom. The largest absolute Gasteiger partial charge is 0.379 e. The number of nitrogens with zero attached hydrogens (tertiary/aromatic N) is 3. The second-order valence-corrected chi connectivity index (χ2v) is 5.85. The smallest absolute Gasteiger partial charge is 0.236 e. The van der Waals surface area contributed by atoms with Crippen LogP contribution in [0.3, 0.4) is 0 Å². The number of hydrogen-bond acceptors (Lipinski definition) is 4. The molecule has 0 bridgehead atoms. The Kier molecular flexibility index (Phi) is 6.01. The first-order chi connectivity index (χ1) is 9.65. The minimum absolute atomic E-state index is 0.272. The summed E-state index contributed by atoms with van der Waals surface area (Å²) in [5.41, 5.74) is 1.36. The van der Waals surface area contributed by atoms with Gasteiger partial charge in [0.05, 0.1) is 19.8 Å². The highest BCUT2D eigenvalue weighted by Crippen LogP contribution is 2.05. The molecule has 0 unspecified atom stereocenters. The first-order valence-corrected chi connectivity index (χ1v) is 7.59. The lowest BCUT2D eigenvalue weighted by Gasteiger charge is -2.36. The lowest BCUT2D eigenvalue weighted by molar-refractivity contribution is -0.135. The maximum atomic E-state index is 12.3. The summed E-state index contributed by atoms with van der Waals surface area (Å²) >= 11 is 0. The van der Waals surface area contributed by atoms with Crippen molar-refractivity contribution in [2.24, 2.45) is 0 Å². The molecule has 0 aromatic rings. The van der Waals surface area contributed by atoms with Crippen molar-refractivity contribution in [3.05, 3.63) is 11.6 Å². The molecule has 2 fully saturated rings. The van der Waals surface area contributed by atoms with E-state index in [2.05, 4.69) is 29.7 Å². The molecule has 114 valence electrons. The molecule has 0 aromatic heterocycles. The van der Waals surface area contributed by atoms with Crippen LogP contribution in [0.25, 0.3) is 0 Å². The first-order valence-electron chi connectivity index (χ1n) is 7.59. The molecule has 20 heavy (non-hydrogen) atoms. The maximum Gasteiger partial charge on any atom is 0.236 e. The zero-order valence-corrected chi connectivity index (χ0v) is 12.8. The average Bonchev–Trinajstić information content (AvgIpc) is 2.46. The number of amides is 1. The Bertz CT molecular complexity index is 339. The van der Waals surface area contributed by atoms with Crippen LogP contribution < -0.4 is 0 Å². The van der Waals surface area contributed by atoms with Crippen molar-refractivity contribution < 1.29 is 9.53 Å². The van der Waals surface area contributed by atoms with E-state index in [9.17, 15) is 4.79 Å². The van der Waals surface area contributed by atoms with Crippen LogP contribution in [-0.2, 0) is 9.53 Å². The van der Waals surface area contributed by atoms with Crippen molar-refractivity contribution in [3.63, 3.8) is 0 Å².